The molecular weight excluding hydrogens is 288 g/mol. The minimum atomic E-state index is -0.0860. The summed E-state index contributed by atoms with van der Waals surface area (Å²) in [5.74, 6) is 0.411. The first kappa shape index (κ1) is 17.0. The summed E-state index contributed by atoms with van der Waals surface area (Å²) in [6.45, 7) is 13.1. The molecule has 2 heteroatoms. The molecule has 0 aliphatic heterocycles. The molecule has 0 heterocycles. The Morgan fingerprint density at radius 2 is 1.41 bits per heavy atom. The van der Waals surface area contributed by atoms with Gasteiger partial charge in [0.15, 0.2) is 0 Å². The SMILES string of the molecule is CC(C)(C)c1cc(Sc2ccccc2)c(O)c(C(C)(C)C)c1. The minimum Gasteiger partial charge on any atom is -0.506 e. The van der Waals surface area contributed by atoms with Crippen LogP contribution < -0.4 is 0 Å². The Bertz CT molecular complexity index is 646. The maximum absolute atomic E-state index is 10.8. The van der Waals surface area contributed by atoms with Gasteiger partial charge in [-0.2, -0.15) is 0 Å². The van der Waals surface area contributed by atoms with Crippen molar-refractivity contribution in [3.8, 4) is 5.75 Å². The van der Waals surface area contributed by atoms with E-state index in [2.05, 4.69) is 65.8 Å². The highest BCUT2D eigenvalue weighted by atomic mass is 32.2. The molecule has 1 nitrogen and oxygen atoms in total. The third-order valence-electron chi connectivity index (χ3n) is 3.72. The maximum atomic E-state index is 10.8. The molecule has 0 saturated heterocycles. The zero-order valence-electron chi connectivity index (χ0n) is 14.4. The summed E-state index contributed by atoms with van der Waals surface area (Å²) in [5, 5.41) is 10.8. The second kappa shape index (κ2) is 6.00. The molecule has 1 N–H and O–H groups in total. The van der Waals surface area contributed by atoms with E-state index in [1.807, 2.05) is 18.2 Å². The molecule has 0 unspecified atom stereocenters. The Balaban J connectivity index is 2.57. The fraction of sp³-hybridized carbons (Fsp3) is 0.400. The van der Waals surface area contributed by atoms with Crippen LogP contribution in [-0.2, 0) is 10.8 Å². The first-order valence-corrected chi connectivity index (χ1v) is 8.51. The molecule has 0 bridgehead atoms. The normalized spacial score (nSPS) is 12.5. The standard InChI is InChI=1S/C20H26OS/c1-19(2,3)14-12-16(20(4,5)6)18(21)17(13-14)22-15-10-8-7-9-11-15/h7-13,21H,1-6H3. The monoisotopic (exact) mass is 314 g/mol. The van der Waals surface area contributed by atoms with Gasteiger partial charge in [-0.1, -0.05) is 77.6 Å². The molecule has 0 aromatic heterocycles. The number of rotatable bonds is 2. The van der Waals surface area contributed by atoms with E-state index in [-0.39, 0.29) is 10.8 Å². The molecule has 2 aromatic carbocycles. The van der Waals surface area contributed by atoms with Crippen LogP contribution in [0.15, 0.2) is 52.3 Å². The molecule has 0 amide bonds. The lowest BCUT2D eigenvalue weighted by molar-refractivity contribution is 0.432. The number of phenols is 1. The largest absolute Gasteiger partial charge is 0.506 e. The Morgan fingerprint density at radius 3 is 1.91 bits per heavy atom. The summed E-state index contributed by atoms with van der Waals surface area (Å²) in [6.07, 6.45) is 0. The van der Waals surface area contributed by atoms with Crippen molar-refractivity contribution in [1.29, 1.82) is 0 Å². The Kier molecular flexibility index (Phi) is 4.62. The van der Waals surface area contributed by atoms with E-state index in [9.17, 15) is 5.11 Å². The Morgan fingerprint density at radius 1 is 0.818 bits per heavy atom. The van der Waals surface area contributed by atoms with Gasteiger partial charge in [0.25, 0.3) is 0 Å². The summed E-state index contributed by atoms with van der Waals surface area (Å²) < 4.78 is 0. The predicted octanol–water partition coefficient (Wildman–Crippen LogP) is 6.14. The van der Waals surface area contributed by atoms with Gasteiger partial charge in [0.2, 0.25) is 0 Å². The van der Waals surface area contributed by atoms with E-state index >= 15 is 0 Å². The molecule has 0 atom stereocenters. The van der Waals surface area contributed by atoms with Crippen LogP contribution in [0.25, 0.3) is 0 Å². The second-order valence-corrected chi connectivity index (χ2v) is 8.90. The van der Waals surface area contributed by atoms with Gasteiger partial charge in [0, 0.05) is 10.5 Å². The van der Waals surface area contributed by atoms with E-state index in [1.165, 1.54) is 5.56 Å². The van der Waals surface area contributed by atoms with E-state index < -0.39 is 0 Å². The minimum absolute atomic E-state index is 0.0553. The van der Waals surface area contributed by atoms with Crippen LogP contribution in [-0.4, -0.2) is 5.11 Å². The molecule has 0 fully saturated rings. The zero-order chi connectivity index (χ0) is 16.5. The summed E-state index contributed by atoms with van der Waals surface area (Å²) >= 11 is 1.62. The second-order valence-electron chi connectivity index (χ2n) is 7.79. The van der Waals surface area contributed by atoms with Crippen molar-refractivity contribution < 1.29 is 5.11 Å². The maximum Gasteiger partial charge on any atom is 0.133 e. The third-order valence-corrected chi connectivity index (χ3v) is 4.76. The van der Waals surface area contributed by atoms with E-state index in [0.29, 0.717) is 5.75 Å². The smallest absolute Gasteiger partial charge is 0.133 e. The van der Waals surface area contributed by atoms with Crippen LogP contribution >= 0.6 is 11.8 Å². The molecular formula is C20H26OS. The van der Waals surface area contributed by atoms with Crippen LogP contribution in [0.1, 0.15) is 52.7 Å². The van der Waals surface area contributed by atoms with Crippen LogP contribution in [0.4, 0.5) is 0 Å². The molecule has 0 aliphatic carbocycles. The fourth-order valence-electron chi connectivity index (χ4n) is 2.31. The highest BCUT2D eigenvalue weighted by molar-refractivity contribution is 7.99. The highest BCUT2D eigenvalue weighted by Crippen LogP contribution is 2.43. The quantitative estimate of drug-likeness (QED) is 0.718. The lowest BCUT2D eigenvalue weighted by atomic mass is 9.80. The Hall–Kier alpha value is -1.41. The van der Waals surface area contributed by atoms with E-state index in [4.69, 9.17) is 0 Å². The van der Waals surface area contributed by atoms with Gasteiger partial charge < -0.3 is 5.11 Å². The van der Waals surface area contributed by atoms with Crippen LogP contribution in [0.5, 0.6) is 5.75 Å². The molecule has 0 saturated carbocycles. The number of hydrogen-bond donors (Lipinski definition) is 1. The van der Waals surface area contributed by atoms with Gasteiger partial charge in [-0.05, 0) is 34.6 Å². The van der Waals surface area contributed by atoms with Crippen LogP contribution in [0.2, 0.25) is 0 Å². The Labute approximate surface area is 138 Å². The average Bonchev–Trinajstić information content (AvgIpc) is 2.39. The fourth-order valence-corrected chi connectivity index (χ4v) is 3.25. The van der Waals surface area contributed by atoms with Gasteiger partial charge in [-0.25, -0.2) is 0 Å². The van der Waals surface area contributed by atoms with Crippen molar-refractivity contribution in [2.24, 2.45) is 0 Å². The molecule has 0 aliphatic rings. The molecule has 2 rings (SSSR count). The number of aromatic hydroxyl groups is 1. The predicted molar refractivity (Wildman–Crippen MR) is 96.1 cm³/mol. The van der Waals surface area contributed by atoms with Gasteiger partial charge in [-0.15, -0.1) is 0 Å². The van der Waals surface area contributed by atoms with Crippen LogP contribution in [0, 0.1) is 0 Å². The van der Waals surface area contributed by atoms with Gasteiger partial charge in [0.05, 0.1) is 4.90 Å². The average molecular weight is 314 g/mol. The number of hydrogen-bond acceptors (Lipinski definition) is 2. The zero-order valence-corrected chi connectivity index (χ0v) is 15.2. The molecule has 118 valence electrons. The summed E-state index contributed by atoms with van der Waals surface area (Å²) in [4.78, 5) is 2.08. The molecule has 0 radical (unpaired) electrons. The highest BCUT2D eigenvalue weighted by Gasteiger charge is 2.25. The van der Waals surface area contributed by atoms with Crippen molar-refractivity contribution in [3.63, 3.8) is 0 Å². The first-order valence-electron chi connectivity index (χ1n) is 7.70. The third kappa shape index (κ3) is 3.86. The molecule has 2 aromatic rings. The number of phenolic OH excluding ortho intramolecular Hbond substituents is 1. The summed E-state index contributed by atoms with van der Waals surface area (Å²) in [7, 11) is 0. The molecule has 0 spiro atoms. The van der Waals surface area contributed by atoms with E-state index in [1.54, 1.807) is 11.8 Å². The lowest BCUT2D eigenvalue weighted by Gasteiger charge is -2.27. The first-order chi connectivity index (χ1) is 10.1. The van der Waals surface area contributed by atoms with E-state index in [0.717, 1.165) is 15.4 Å². The summed E-state index contributed by atoms with van der Waals surface area (Å²) in [5.41, 5.74) is 2.24. The lowest BCUT2D eigenvalue weighted by Crippen LogP contribution is -2.16. The van der Waals surface area contributed by atoms with Crippen molar-refractivity contribution in [2.45, 2.75) is 62.2 Å². The van der Waals surface area contributed by atoms with Crippen molar-refractivity contribution in [3.05, 3.63) is 53.6 Å². The summed E-state index contributed by atoms with van der Waals surface area (Å²) in [6, 6.07) is 14.5. The van der Waals surface area contributed by atoms with Crippen LogP contribution in [0.3, 0.4) is 0 Å². The van der Waals surface area contributed by atoms with Gasteiger partial charge in [0.1, 0.15) is 5.75 Å². The van der Waals surface area contributed by atoms with Gasteiger partial charge >= 0.3 is 0 Å². The van der Waals surface area contributed by atoms with Crippen molar-refractivity contribution in [2.75, 3.05) is 0 Å². The topological polar surface area (TPSA) is 20.2 Å². The van der Waals surface area contributed by atoms with Crippen molar-refractivity contribution in [1.82, 2.24) is 0 Å². The molecule has 22 heavy (non-hydrogen) atoms. The van der Waals surface area contributed by atoms with Crippen molar-refractivity contribution >= 4 is 11.8 Å². The number of benzene rings is 2. The van der Waals surface area contributed by atoms with Gasteiger partial charge in [-0.3, -0.25) is 0 Å².